The first kappa shape index (κ1) is 13.9. The van der Waals surface area contributed by atoms with Crippen molar-refractivity contribution in [2.75, 3.05) is 5.32 Å². The summed E-state index contributed by atoms with van der Waals surface area (Å²) in [5.74, 6) is -3.18. The lowest BCUT2D eigenvalue weighted by atomic mass is 10.2. The Balaban J connectivity index is 2.94. The fourth-order valence-corrected chi connectivity index (χ4v) is 1.48. The Morgan fingerprint density at radius 2 is 1.83 bits per heavy atom. The third kappa shape index (κ3) is 4.02. The highest BCUT2D eigenvalue weighted by atomic mass is 79.9. The summed E-state index contributed by atoms with van der Waals surface area (Å²) < 4.78 is 0.555. The second kappa shape index (κ2) is 5.97. The van der Waals surface area contributed by atoms with Crippen LogP contribution in [0.25, 0.3) is 0 Å². The van der Waals surface area contributed by atoms with Crippen LogP contribution < -0.4 is 5.32 Å². The van der Waals surface area contributed by atoms with Crippen LogP contribution in [-0.4, -0.2) is 28.1 Å². The molecule has 1 aromatic rings. The maximum atomic E-state index is 11.3. The van der Waals surface area contributed by atoms with Gasteiger partial charge in [0.25, 0.3) is 0 Å². The molecule has 1 aromatic carbocycles. The Morgan fingerprint density at radius 1 is 1.17 bits per heavy atom. The van der Waals surface area contributed by atoms with Gasteiger partial charge in [-0.15, -0.1) is 0 Å². The molecule has 0 heterocycles. The monoisotopic (exact) mass is 313 g/mol. The number of carboxylic acid groups (broad SMARTS) is 2. The first-order chi connectivity index (χ1) is 8.40. The molecule has 0 saturated heterocycles. The molecule has 0 bridgehead atoms. The van der Waals surface area contributed by atoms with Gasteiger partial charge in [0.1, 0.15) is 0 Å². The number of carbonyl (C=O) groups excluding carboxylic acids is 1. The number of nitrogens with one attached hydrogen (secondary N) is 1. The minimum atomic E-state index is -1.26. The van der Waals surface area contributed by atoms with Gasteiger partial charge < -0.3 is 15.5 Å². The van der Waals surface area contributed by atoms with E-state index in [0.717, 1.165) is 6.08 Å². The van der Waals surface area contributed by atoms with Gasteiger partial charge in [-0.25, -0.2) is 9.59 Å². The maximum absolute atomic E-state index is 11.3. The molecule has 0 spiro atoms. The Labute approximate surface area is 110 Å². The van der Waals surface area contributed by atoms with E-state index < -0.39 is 17.8 Å². The zero-order valence-corrected chi connectivity index (χ0v) is 10.5. The van der Waals surface area contributed by atoms with E-state index >= 15 is 0 Å². The third-order valence-corrected chi connectivity index (χ3v) is 2.34. The molecule has 18 heavy (non-hydrogen) atoms. The Bertz CT molecular complexity index is 538. The van der Waals surface area contributed by atoms with Crippen LogP contribution in [0.3, 0.4) is 0 Å². The molecule has 3 N–H and O–H groups in total. The quantitative estimate of drug-likeness (QED) is 0.734. The van der Waals surface area contributed by atoms with Crippen molar-refractivity contribution in [3.05, 3.63) is 40.4 Å². The van der Waals surface area contributed by atoms with Gasteiger partial charge in [0.2, 0.25) is 5.91 Å². The summed E-state index contributed by atoms with van der Waals surface area (Å²) in [5, 5.41) is 19.6. The minimum absolute atomic E-state index is 0.0886. The van der Waals surface area contributed by atoms with Crippen LogP contribution in [0.2, 0.25) is 0 Å². The molecule has 0 aliphatic heterocycles. The number of carboxylic acids is 2. The van der Waals surface area contributed by atoms with Crippen molar-refractivity contribution >= 4 is 39.5 Å². The summed E-state index contributed by atoms with van der Waals surface area (Å²) in [5.41, 5.74) is -0.00723. The Kier molecular flexibility index (Phi) is 4.61. The largest absolute Gasteiger partial charge is 0.478 e. The van der Waals surface area contributed by atoms with Gasteiger partial charge in [-0.05, 0) is 18.2 Å². The zero-order chi connectivity index (χ0) is 13.7. The SMILES string of the molecule is O=C(O)/C=C\C(=O)Nc1ccc(Br)cc1C(=O)O. The number of aliphatic carboxylic acids is 1. The smallest absolute Gasteiger partial charge is 0.337 e. The molecule has 0 fully saturated rings. The molecule has 1 rings (SSSR count). The zero-order valence-electron chi connectivity index (χ0n) is 8.88. The van der Waals surface area contributed by atoms with E-state index in [1.54, 1.807) is 6.07 Å². The third-order valence-electron chi connectivity index (χ3n) is 1.85. The summed E-state index contributed by atoms with van der Waals surface area (Å²) in [4.78, 5) is 32.5. The van der Waals surface area contributed by atoms with Crippen molar-refractivity contribution in [2.24, 2.45) is 0 Å². The minimum Gasteiger partial charge on any atom is -0.478 e. The van der Waals surface area contributed by atoms with Gasteiger partial charge in [0.05, 0.1) is 11.3 Å². The maximum Gasteiger partial charge on any atom is 0.337 e. The second-order valence-corrected chi connectivity index (χ2v) is 4.07. The summed E-state index contributed by atoms with van der Waals surface area (Å²) in [6, 6.07) is 4.29. The van der Waals surface area contributed by atoms with Crippen LogP contribution in [0, 0.1) is 0 Å². The number of aromatic carboxylic acids is 1. The number of hydrogen-bond donors (Lipinski definition) is 3. The predicted molar refractivity (Wildman–Crippen MR) is 66.5 cm³/mol. The van der Waals surface area contributed by atoms with Crippen LogP contribution in [0.1, 0.15) is 10.4 Å². The molecule has 0 saturated carbocycles. The second-order valence-electron chi connectivity index (χ2n) is 3.16. The first-order valence-corrected chi connectivity index (χ1v) is 5.44. The van der Waals surface area contributed by atoms with E-state index in [1.165, 1.54) is 12.1 Å². The van der Waals surface area contributed by atoms with Gasteiger partial charge in [0, 0.05) is 16.6 Å². The number of amides is 1. The average Bonchev–Trinajstić information content (AvgIpc) is 2.28. The number of halogens is 1. The van der Waals surface area contributed by atoms with Crippen molar-refractivity contribution in [3.63, 3.8) is 0 Å². The molecular weight excluding hydrogens is 306 g/mol. The highest BCUT2D eigenvalue weighted by Crippen LogP contribution is 2.21. The van der Waals surface area contributed by atoms with E-state index in [9.17, 15) is 14.4 Å². The molecular formula is C11H8BrNO5. The number of rotatable bonds is 4. The van der Waals surface area contributed by atoms with Crippen LogP contribution in [-0.2, 0) is 9.59 Å². The van der Waals surface area contributed by atoms with Crippen LogP contribution >= 0.6 is 15.9 Å². The van der Waals surface area contributed by atoms with Gasteiger partial charge >= 0.3 is 11.9 Å². The average molecular weight is 314 g/mol. The lowest BCUT2D eigenvalue weighted by Crippen LogP contribution is -2.12. The van der Waals surface area contributed by atoms with Crippen molar-refractivity contribution in [2.45, 2.75) is 0 Å². The molecule has 0 atom stereocenters. The normalized spacial score (nSPS) is 10.3. The highest BCUT2D eigenvalue weighted by molar-refractivity contribution is 9.10. The van der Waals surface area contributed by atoms with E-state index in [2.05, 4.69) is 21.2 Å². The van der Waals surface area contributed by atoms with Crippen LogP contribution in [0.4, 0.5) is 5.69 Å². The first-order valence-electron chi connectivity index (χ1n) is 4.65. The Hall–Kier alpha value is -2.15. The van der Waals surface area contributed by atoms with Gasteiger partial charge in [0.15, 0.2) is 0 Å². The summed E-state index contributed by atoms with van der Waals surface area (Å²) in [7, 11) is 0. The van der Waals surface area contributed by atoms with Crippen molar-refractivity contribution in [1.82, 2.24) is 0 Å². The number of carbonyl (C=O) groups is 3. The van der Waals surface area contributed by atoms with Crippen molar-refractivity contribution in [1.29, 1.82) is 0 Å². The van der Waals surface area contributed by atoms with E-state index in [1.807, 2.05) is 0 Å². The molecule has 1 amide bonds. The molecule has 0 aliphatic rings. The Morgan fingerprint density at radius 3 is 2.39 bits per heavy atom. The van der Waals surface area contributed by atoms with E-state index in [0.29, 0.717) is 10.5 Å². The van der Waals surface area contributed by atoms with Crippen LogP contribution in [0.15, 0.2) is 34.8 Å². The molecule has 6 nitrogen and oxygen atoms in total. The summed E-state index contributed by atoms with van der Waals surface area (Å²) in [6.07, 6.45) is 1.46. The van der Waals surface area contributed by atoms with Crippen molar-refractivity contribution < 1.29 is 24.6 Å². The molecule has 7 heteroatoms. The lowest BCUT2D eigenvalue weighted by Gasteiger charge is -2.06. The van der Waals surface area contributed by atoms with Gasteiger partial charge in [-0.1, -0.05) is 15.9 Å². The predicted octanol–water partition coefficient (Wildman–Crippen LogP) is 1.73. The van der Waals surface area contributed by atoms with Crippen LogP contribution in [0.5, 0.6) is 0 Å². The number of benzene rings is 1. The fraction of sp³-hybridized carbons (Fsp3) is 0. The highest BCUT2D eigenvalue weighted by Gasteiger charge is 2.11. The molecule has 0 aromatic heterocycles. The van der Waals surface area contributed by atoms with Gasteiger partial charge in [-0.3, -0.25) is 4.79 Å². The standard InChI is InChI=1S/C11H8BrNO5/c12-6-1-2-8(7(5-6)11(17)18)13-9(14)3-4-10(15)16/h1-5H,(H,13,14)(H,15,16)(H,17,18)/b4-3-. The van der Waals surface area contributed by atoms with Gasteiger partial charge in [-0.2, -0.15) is 0 Å². The number of hydrogen-bond acceptors (Lipinski definition) is 3. The summed E-state index contributed by atoms with van der Waals surface area (Å²) >= 11 is 3.11. The molecule has 94 valence electrons. The van der Waals surface area contributed by atoms with E-state index in [4.69, 9.17) is 10.2 Å². The molecule has 0 unspecified atom stereocenters. The molecule has 0 radical (unpaired) electrons. The lowest BCUT2D eigenvalue weighted by molar-refractivity contribution is -0.131. The topological polar surface area (TPSA) is 104 Å². The van der Waals surface area contributed by atoms with Crippen molar-refractivity contribution in [3.8, 4) is 0 Å². The molecule has 0 aliphatic carbocycles. The van der Waals surface area contributed by atoms with E-state index in [-0.39, 0.29) is 11.3 Å². The summed E-state index contributed by atoms with van der Waals surface area (Å²) in [6.45, 7) is 0. The number of anilines is 1. The fourth-order valence-electron chi connectivity index (χ4n) is 1.12.